The zero-order valence-corrected chi connectivity index (χ0v) is 14.2. The Balaban J connectivity index is 2.56. The molecule has 4 heteroatoms. The van der Waals surface area contributed by atoms with Gasteiger partial charge >= 0.3 is 0 Å². The summed E-state index contributed by atoms with van der Waals surface area (Å²) in [5.74, 6) is 1.12. The largest absolute Gasteiger partial charge is 0.507 e. The van der Waals surface area contributed by atoms with Gasteiger partial charge in [0.25, 0.3) is 0 Å². The molecule has 0 fully saturated rings. The summed E-state index contributed by atoms with van der Waals surface area (Å²) in [6, 6.07) is 5.81. The van der Waals surface area contributed by atoms with Crippen molar-refractivity contribution in [1.29, 1.82) is 0 Å². The Morgan fingerprint density at radius 1 is 0.955 bits per heavy atom. The molecule has 1 aromatic heterocycles. The number of nitrogens with one attached hydrogen (secondary N) is 1. The topological polar surface area (TPSA) is 58.0 Å². The van der Waals surface area contributed by atoms with Gasteiger partial charge in [0.1, 0.15) is 17.9 Å². The summed E-state index contributed by atoms with van der Waals surface area (Å²) in [7, 11) is 0. The van der Waals surface area contributed by atoms with Crippen LogP contribution >= 0.6 is 0 Å². The number of hydrogen-bond donors (Lipinski definition) is 2. The van der Waals surface area contributed by atoms with E-state index in [9.17, 15) is 5.11 Å². The molecule has 0 atom stereocenters. The fourth-order valence-electron chi connectivity index (χ4n) is 2.36. The molecule has 0 aliphatic heterocycles. The summed E-state index contributed by atoms with van der Waals surface area (Å²) in [5, 5.41) is 14.0. The molecule has 0 saturated heterocycles. The van der Waals surface area contributed by atoms with Gasteiger partial charge in [0, 0.05) is 23.0 Å². The van der Waals surface area contributed by atoms with Crippen molar-refractivity contribution in [3.05, 3.63) is 41.9 Å². The molecule has 0 bridgehead atoms. The lowest BCUT2D eigenvalue weighted by Gasteiger charge is -2.28. The molecule has 4 nitrogen and oxygen atoms in total. The van der Waals surface area contributed by atoms with Crippen LogP contribution in [0.2, 0.25) is 0 Å². The molecule has 1 aromatic carbocycles. The van der Waals surface area contributed by atoms with Crippen LogP contribution in [0.4, 0.5) is 11.5 Å². The third-order valence-electron chi connectivity index (χ3n) is 3.58. The first-order valence-electron chi connectivity index (χ1n) is 7.50. The van der Waals surface area contributed by atoms with E-state index in [1.165, 1.54) is 6.33 Å². The van der Waals surface area contributed by atoms with Crippen molar-refractivity contribution in [3.8, 4) is 5.75 Å². The summed E-state index contributed by atoms with van der Waals surface area (Å²) >= 11 is 0. The van der Waals surface area contributed by atoms with Crippen molar-refractivity contribution >= 4 is 11.5 Å². The normalized spacial score (nSPS) is 12.3. The summed E-state index contributed by atoms with van der Waals surface area (Å²) < 4.78 is 0. The van der Waals surface area contributed by atoms with E-state index in [-0.39, 0.29) is 10.8 Å². The lowest BCUT2D eigenvalue weighted by Crippen LogP contribution is -2.17. The maximum absolute atomic E-state index is 10.7. The van der Waals surface area contributed by atoms with E-state index in [0.29, 0.717) is 5.75 Å². The molecule has 0 unspecified atom stereocenters. The zero-order valence-electron chi connectivity index (χ0n) is 14.2. The van der Waals surface area contributed by atoms with Crippen molar-refractivity contribution in [3.63, 3.8) is 0 Å². The van der Waals surface area contributed by atoms with Crippen LogP contribution in [0.15, 0.2) is 30.7 Å². The van der Waals surface area contributed by atoms with Gasteiger partial charge < -0.3 is 10.4 Å². The standard InChI is InChI=1S/C18H25N3O/c1-17(2,3)13-9-12(21-15-7-8-19-11-20-15)10-14(16(13)22)18(4,5)6/h7-11,22H,1-6H3,(H,19,20,21). The van der Waals surface area contributed by atoms with Crippen molar-refractivity contribution in [2.45, 2.75) is 52.4 Å². The number of nitrogens with zero attached hydrogens (tertiary/aromatic N) is 2. The number of benzene rings is 1. The predicted molar refractivity (Wildman–Crippen MR) is 90.8 cm³/mol. The fourth-order valence-corrected chi connectivity index (χ4v) is 2.36. The molecule has 0 spiro atoms. The lowest BCUT2D eigenvalue weighted by molar-refractivity contribution is 0.423. The highest BCUT2D eigenvalue weighted by molar-refractivity contribution is 5.63. The molecule has 2 rings (SSSR count). The molecule has 1 heterocycles. The highest BCUT2D eigenvalue weighted by atomic mass is 16.3. The molecular weight excluding hydrogens is 274 g/mol. The second-order valence-electron chi connectivity index (χ2n) is 7.64. The number of phenolic OH excluding ortho intramolecular Hbond substituents is 1. The van der Waals surface area contributed by atoms with Crippen LogP contribution < -0.4 is 5.32 Å². The number of phenols is 1. The van der Waals surface area contributed by atoms with E-state index in [1.54, 1.807) is 6.20 Å². The Kier molecular flexibility index (Phi) is 4.14. The lowest BCUT2D eigenvalue weighted by atomic mass is 9.79. The van der Waals surface area contributed by atoms with Crippen LogP contribution in [0.1, 0.15) is 52.7 Å². The number of aromatic nitrogens is 2. The summed E-state index contributed by atoms with van der Waals surface area (Å²) in [6.07, 6.45) is 3.21. The quantitative estimate of drug-likeness (QED) is 0.800. The summed E-state index contributed by atoms with van der Waals surface area (Å²) in [4.78, 5) is 8.12. The van der Waals surface area contributed by atoms with E-state index in [0.717, 1.165) is 22.6 Å². The van der Waals surface area contributed by atoms with E-state index in [1.807, 2.05) is 18.2 Å². The average molecular weight is 299 g/mol. The van der Waals surface area contributed by atoms with Gasteiger partial charge in [-0.2, -0.15) is 0 Å². The Bertz CT molecular complexity index is 617. The highest BCUT2D eigenvalue weighted by Gasteiger charge is 2.26. The van der Waals surface area contributed by atoms with Crippen LogP contribution in [0.25, 0.3) is 0 Å². The van der Waals surface area contributed by atoms with E-state index >= 15 is 0 Å². The number of anilines is 2. The fraction of sp³-hybridized carbons (Fsp3) is 0.444. The molecule has 2 N–H and O–H groups in total. The van der Waals surface area contributed by atoms with Gasteiger partial charge in [0.15, 0.2) is 0 Å². The average Bonchev–Trinajstić information content (AvgIpc) is 2.39. The maximum atomic E-state index is 10.7. The monoisotopic (exact) mass is 299 g/mol. The second kappa shape index (κ2) is 5.59. The summed E-state index contributed by atoms with van der Waals surface area (Å²) in [6.45, 7) is 12.6. The zero-order chi connectivity index (χ0) is 16.5. The van der Waals surface area contributed by atoms with Gasteiger partial charge in [-0.3, -0.25) is 0 Å². The number of hydrogen-bond acceptors (Lipinski definition) is 4. The van der Waals surface area contributed by atoms with E-state index < -0.39 is 0 Å². The minimum atomic E-state index is -0.145. The predicted octanol–water partition coefficient (Wildman–Crippen LogP) is 4.52. The van der Waals surface area contributed by atoms with Gasteiger partial charge in [0.2, 0.25) is 0 Å². The molecule has 0 aliphatic carbocycles. The molecule has 0 saturated carbocycles. The third-order valence-corrected chi connectivity index (χ3v) is 3.58. The van der Waals surface area contributed by atoms with Gasteiger partial charge in [0.05, 0.1) is 0 Å². The van der Waals surface area contributed by atoms with E-state index in [2.05, 4.69) is 56.8 Å². The van der Waals surface area contributed by atoms with E-state index in [4.69, 9.17) is 0 Å². The van der Waals surface area contributed by atoms with Crippen LogP contribution in [-0.2, 0) is 10.8 Å². The van der Waals surface area contributed by atoms with Gasteiger partial charge in [-0.1, -0.05) is 41.5 Å². The van der Waals surface area contributed by atoms with Crippen molar-refractivity contribution < 1.29 is 5.11 Å². The smallest absolute Gasteiger partial charge is 0.133 e. The molecule has 0 radical (unpaired) electrons. The maximum Gasteiger partial charge on any atom is 0.133 e. The third kappa shape index (κ3) is 3.56. The van der Waals surface area contributed by atoms with Crippen molar-refractivity contribution in [2.24, 2.45) is 0 Å². The van der Waals surface area contributed by atoms with Crippen LogP contribution in [0, 0.1) is 0 Å². The van der Waals surface area contributed by atoms with Crippen molar-refractivity contribution in [1.82, 2.24) is 9.97 Å². The second-order valence-corrected chi connectivity index (χ2v) is 7.64. The van der Waals surface area contributed by atoms with Crippen LogP contribution in [-0.4, -0.2) is 15.1 Å². The first-order chi connectivity index (χ1) is 10.1. The molecule has 22 heavy (non-hydrogen) atoms. The van der Waals surface area contributed by atoms with Gasteiger partial charge in [-0.05, 0) is 29.0 Å². The Labute approximate surface area is 132 Å². The van der Waals surface area contributed by atoms with Gasteiger partial charge in [-0.25, -0.2) is 9.97 Å². The first kappa shape index (κ1) is 16.3. The Hall–Kier alpha value is -2.10. The van der Waals surface area contributed by atoms with Crippen molar-refractivity contribution in [2.75, 3.05) is 5.32 Å². The van der Waals surface area contributed by atoms with Gasteiger partial charge in [-0.15, -0.1) is 0 Å². The minimum Gasteiger partial charge on any atom is -0.507 e. The first-order valence-corrected chi connectivity index (χ1v) is 7.50. The number of rotatable bonds is 2. The molecule has 0 amide bonds. The SMILES string of the molecule is CC(C)(C)c1cc(Nc2ccncn2)cc(C(C)(C)C)c1O. The number of aromatic hydroxyl groups is 1. The molecular formula is C18H25N3O. The Morgan fingerprint density at radius 3 is 1.91 bits per heavy atom. The summed E-state index contributed by atoms with van der Waals surface area (Å²) in [5.41, 5.74) is 2.49. The highest BCUT2D eigenvalue weighted by Crippen LogP contribution is 2.41. The molecule has 0 aliphatic rings. The molecule has 118 valence electrons. The Morgan fingerprint density at radius 2 is 1.50 bits per heavy atom. The van der Waals surface area contributed by atoms with Crippen LogP contribution in [0.3, 0.4) is 0 Å². The van der Waals surface area contributed by atoms with Crippen LogP contribution in [0.5, 0.6) is 5.75 Å². The molecule has 2 aromatic rings. The minimum absolute atomic E-state index is 0.145.